The molecule has 4 aromatic carbocycles. The van der Waals surface area contributed by atoms with Crippen LogP contribution in [-0.2, 0) is 32.6 Å². The van der Waals surface area contributed by atoms with E-state index >= 15 is 0 Å². The SMILES string of the molecule is CCCCNC(=O)[C@H](Cc1ccccc1)N(Cc1ccc(Br)cc1)C(=O)CN(c1ccc(OCC)cc1)S(=O)(=O)c1ccc(Cl)cc1. The van der Waals surface area contributed by atoms with Gasteiger partial charge in [-0.25, -0.2) is 8.42 Å². The van der Waals surface area contributed by atoms with Gasteiger partial charge in [0.1, 0.15) is 18.3 Å². The Labute approximate surface area is 290 Å². The number of carbonyl (C=O) groups excluding carboxylic acids is 2. The third kappa shape index (κ3) is 10.1. The molecule has 2 amide bonds. The molecule has 0 unspecified atom stereocenters. The van der Waals surface area contributed by atoms with Crippen LogP contribution in [0.5, 0.6) is 5.75 Å². The zero-order valence-electron chi connectivity index (χ0n) is 26.4. The van der Waals surface area contributed by atoms with Crippen LogP contribution in [0.25, 0.3) is 0 Å². The van der Waals surface area contributed by atoms with Gasteiger partial charge >= 0.3 is 0 Å². The number of hydrogen-bond donors (Lipinski definition) is 1. The Kier molecular flexibility index (Phi) is 13.3. The smallest absolute Gasteiger partial charge is 0.264 e. The number of ether oxygens (including phenoxy) is 1. The third-order valence-electron chi connectivity index (χ3n) is 7.48. The van der Waals surface area contributed by atoms with Gasteiger partial charge in [-0.3, -0.25) is 13.9 Å². The number of rotatable bonds is 16. The highest BCUT2D eigenvalue weighted by Gasteiger charge is 2.34. The normalized spacial score (nSPS) is 11.8. The summed E-state index contributed by atoms with van der Waals surface area (Å²) >= 11 is 9.53. The van der Waals surface area contributed by atoms with Gasteiger partial charge in [0.2, 0.25) is 11.8 Å². The van der Waals surface area contributed by atoms with Crippen molar-refractivity contribution >= 4 is 55.1 Å². The van der Waals surface area contributed by atoms with Gasteiger partial charge in [-0.1, -0.05) is 83.3 Å². The van der Waals surface area contributed by atoms with Crippen molar-refractivity contribution in [3.05, 3.63) is 124 Å². The van der Waals surface area contributed by atoms with Crippen LogP contribution in [0.2, 0.25) is 5.02 Å². The predicted molar refractivity (Wildman–Crippen MR) is 190 cm³/mol. The second-order valence-corrected chi connectivity index (χ2v) is 14.1. The fourth-order valence-corrected chi connectivity index (χ4v) is 6.79. The summed E-state index contributed by atoms with van der Waals surface area (Å²) in [5, 5.41) is 3.38. The number of nitrogens with zero attached hydrogens (tertiary/aromatic N) is 2. The molecule has 11 heteroatoms. The minimum Gasteiger partial charge on any atom is -0.494 e. The van der Waals surface area contributed by atoms with E-state index in [-0.39, 0.29) is 29.5 Å². The average molecular weight is 741 g/mol. The summed E-state index contributed by atoms with van der Waals surface area (Å²) in [6.07, 6.45) is 1.92. The van der Waals surface area contributed by atoms with Crippen LogP contribution < -0.4 is 14.4 Å². The molecule has 0 bridgehead atoms. The minimum atomic E-state index is -4.25. The highest BCUT2D eigenvalue weighted by Crippen LogP contribution is 2.28. The van der Waals surface area contributed by atoms with Gasteiger partial charge in [0.15, 0.2) is 0 Å². The molecule has 47 heavy (non-hydrogen) atoms. The molecular formula is C36H39BrClN3O5S. The van der Waals surface area contributed by atoms with Crippen molar-refractivity contribution in [2.24, 2.45) is 0 Å². The van der Waals surface area contributed by atoms with Crippen LogP contribution in [0, 0.1) is 0 Å². The van der Waals surface area contributed by atoms with Crippen molar-refractivity contribution in [3.63, 3.8) is 0 Å². The molecule has 0 fully saturated rings. The molecule has 0 aliphatic rings. The van der Waals surface area contributed by atoms with E-state index < -0.39 is 28.5 Å². The number of unbranched alkanes of at least 4 members (excludes halogenated alkanes) is 1. The largest absolute Gasteiger partial charge is 0.494 e. The molecule has 8 nitrogen and oxygen atoms in total. The first-order valence-corrected chi connectivity index (χ1v) is 18.1. The number of nitrogens with one attached hydrogen (secondary N) is 1. The van der Waals surface area contributed by atoms with Crippen LogP contribution in [0.15, 0.2) is 112 Å². The van der Waals surface area contributed by atoms with Crippen molar-refractivity contribution in [1.82, 2.24) is 10.2 Å². The lowest BCUT2D eigenvalue weighted by Gasteiger charge is -2.34. The number of amides is 2. The molecule has 248 valence electrons. The Morgan fingerprint density at radius 1 is 0.872 bits per heavy atom. The summed E-state index contributed by atoms with van der Waals surface area (Å²) in [7, 11) is -4.25. The molecule has 0 saturated heterocycles. The van der Waals surface area contributed by atoms with E-state index in [4.69, 9.17) is 16.3 Å². The topological polar surface area (TPSA) is 96.0 Å². The van der Waals surface area contributed by atoms with Gasteiger partial charge in [0.25, 0.3) is 10.0 Å². The zero-order chi connectivity index (χ0) is 33.8. The standard InChI is InChI=1S/C36H39BrClN3O5S/c1-3-5-23-39-36(43)34(24-27-9-7-6-8-10-27)40(25-28-11-13-29(37)14-12-28)35(42)26-41(31-17-19-32(20-18-31)46-4-2)47(44,45)33-21-15-30(38)16-22-33/h6-22,34H,3-5,23-26H2,1-2H3,(H,39,43)/t34-/m0/s1. The van der Waals surface area contributed by atoms with E-state index in [1.54, 1.807) is 24.3 Å². The molecule has 4 rings (SSSR count). The van der Waals surface area contributed by atoms with Crippen molar-refractivity contribution in [3.8, 4) is 5.75 Å². The molecule has 0 heterocycles. The van der Waals surface area contributed by atoms with Gasteiger partial charge in [-0.2, -0.15) is 0 Å². The van der Waals surface area contributed by atoms with Gasteiger partial charge in [-0.15, -0.1) is 0 Å². The lowest BCUT2D eigenvalue weighted by molar-refractivity contribution is -0.140. The van der Waals surface area contributed by atoms with Crippen LogP contribution in [0.3, 0.4) is 0 Å². The van der Waals surface area contributed by atoms with Gasteiger partial charge in [-0.05, 0) is 85.1 Å². The summed E-state index contributed by atoms with van der Waals surface area (Å²) in [5.74, 6) is -0.276. The summed E-state index contributed by atoms with van der Waals surface area (Å²) in [6, 6.07) is 28.3. The summed E-state index contributed by atoms with van der Waals surface area (Å²) in [5.41, 5.74) is 1.93. The second kappa shape index (κ2) is 17.3. The van der Waals surface area contributed by atoms with Crippen LogP contribution in [-0.4, -0.2) is 50.9 Å². The van der Waals surface area contributed by atoms with Gasteiger partial charge in [0, 0.05) is 29.0 Å². The number of anilines is 1. The molecule has 0 spiro atoms. The summed E-state index contributed by atoms with van der Waals surface area (Å²) in [6.45, 7) is 4.33. The van der Waals surface area contributed by atoms with Crippen LogP contribution in [0.4, 0.5) is 5.69 Å². The lowest BCUT2D eigenvalue weighted by Crippen LogP contribution is -2.53. The minimum absolute atomic E-state index is 0.0267. The monoisotopic (exact) mass is 739 g/mol. The van der Waals surface area contributed by atoms with E-state index in [0.29, 0.717) is 23.9 Å². The van der Waals surface area contributed by atoms with Crippen molar-refractivity contribution < 1.29 is 22.7 Å². The molecule has 0 radical (unpaired) electrons. The maximum atomic E-state index is 14.6. The molecule has 1 N–H and O–H groups in total. The number of hydrogen-bond acceptors (Lipinski definition) is 5. The van der Waals surface area contributed by atoms with E-state index in [1.165, 1.54) is 29.2 Å². The Morgan fingerprint density at radius 2 is 1.53 bits per heavy atom. The van der Waals surface area contributed by atoms with E-state index in [9.17, 15) is 18.0 Å². The predicted octanol–water partition coefficient (Wildman–Crippen LogP) is 7.25. The number of halogens is 2. The number of carbonyl (C=O) groups is 2. The number of benzene rings is 4. The lowest BCUT2D eigenvalue weighted by atomic mass is 10.0. The van der Waals surface area contributed by atoms with Gasteiger partial charge < -0.3 is 15.0 Å². The van der Waals surface area contributed by atoms with Crippen LogP contribution in [0.1, 0.15) is 37.8 Å². The third-order valence-corrected chi connectivity index (χ3v) is 10.1. The van der Waals surface area contributed by atoms with Crippen molar-refractivity contribution in [1.29, 1.82) is 0 Å². The maximum Gasteiger partial charge on any atom is 0.264 e. The highest BCUT2D eigenvalue weighted by molar-refractivity contribution is 9.10. The molecule has 0 aliphatic heterocycles. The van der Waals surface area contributed by atoms with Gasteiger partial charge in [0.05, 0.1) is 17.2 Å². The fraction of sp³-hybridized carbons (Fsp3) is 0.278. The first kappa shape index (κ1) is 36.0. The summed E-state index contributed by atoms with van der Waals surface area (Å²) < 4.78 is 35.9. The Balaban J connectivity index is 1.78. The first-order chi connectivity index (χ1) is 22.6. The first-order valence-electron chi connectivity index (χ1n) is 15.5. The second-order valence-electron chi connectivity index (χ2n) is 10.9. The van der Waals surface area contributed by atoms with Crippen molar-refractivity contribution in [2.75, 3.05) is 24.0 Å². The Morgan fingerprint density at radius 3 is 2.15 bits per heavy atom. The molecule has 0 saturated carbocycles. The molecule has 0 aromatic heterocycles. The Bertz CT molecular complexity index is 1700. The van der Waals surface area contributed by atoms with E-state index in [2.05, 4.69) is 21.2 Å². The average Bonchev–Trinajstić information content (AvgIpc) is 3.07. The van der Waals surface area contributed by atoms with Crippen LogP contribution >= 0.6 is 27.5 Å². The quantitative estimate of drug-likeness (QED) is 0.122. The maximum absolute atomic E-state index is 14.6. The van der Waals surface area contributed by atoms with E-state index in [0.717, 1.165) is 32.7 Å². The van der Waals surface area contributed by atoms with E-state index in [1.807, 2.05) is 68.4 Å². The molecular weight excluding hydrogens is 702 g/mol. The molecule has 4 aromatic rings. The highest BCUT2D eigenvalue weighted by atomic mass is 79.9. The molecule has 0 aliphatic carbocycles. The molecule has 1 atom stereocenters. The summed E-state index contributed by atoms with van der Waals surface area (Å²) in [4.78, 5) is 29.9. The van der Waals surface area contributed by atoms with Crippen molar-refractivity contribution in [2.45, 2.75) is 50.6 Å². The zero-order valence-corrected chi connectivity index (χ0v) is 29.6. The fourth-order valence-electron chi connectivity index (χ4n) is 4.98. The number of sulfonamides is 1. The Hall–Kier alpha value is -3.86.